The molecule has 0 spiro atoms. The molecule has 0 bridgehead atoms. The molecule has 206 valence electrons. The summed E-state index contributed by atoms with van der Waals surface area (Å²) in [6.45, 7) is 7.97. The highest BCUT2D eigenvalue weighted by molar-refractivity contribution is 7.89. The van der Waals surface area contributed by atoms with Gasteiger partial charge in [-0.05, 0) is 71.5 Å². The van der Waals surface area contributed by atoms with Gasteiger partial charge in [0.05, 0.1) is 23.5 Å². The van der Waals surface area contributed by atoms with Crippen molar-refractivity contribution in [3.05, 3.63) is 87.4 Å². The Morgan fingerprint density at radius 2 is 1.56 bits per heavy atom. The molecule has 7 nitrogen and oxygen atoms in total. The van der Waals surface area contributed by atoms with E-state index >= 15 is 0 Å². The molecule has 0 saturated carbocycles. The Balaban J connectivity index is 1.39. The second-order valence-electron chi connectivity index (χ2n) is 11.0. The maximum absolute atomic E-state index is 12.9. The molecule has 3 aromatic rings. The van der Waals surface area contributed by atoms with Crippen molar-refractivity contribution in [3.8, 4) is 0 Å². The minimum atomic E-state index is -3.73. The Labute approximate surface area is 240 Å². The molecule has 2 aliphatic heterocycles. The molecule has 1 unspecified atom stereocenters. The number of fused-ring (bicyclic) bond motifs is 1. The first-order valence-electron chi connectivity index (χ1n) is 12.9. The second-order valence-corrected chi connectivity index (χ2v) is 13.6. The maximum Gasteiger partial charge on any atom is 0.266 e. The molecule has 5 rings (SSSR count). The van der Waals surface area contributed by atoms with Crippen LogP contribution in [0, 0.1) is 5.41 Å². The largest absolute Gasteiger partial charge is 0.377 e. The van der Waals surface area contributed by atoms with Crippen molar-refractivity contribution >= 4 is 56.2 Å². The van der Waals surface area contributed by atoms with Gasteiger partial charge >= 0.3 is 0 Å². The van der Waals surface area contributed by atoms with Gasteiger partial charge in [0.15, 0.2) is 0 Å². The molecular formula is C29H32Cl2N4O3S. The highest BCUT2D eigenvalue weighted by Gasteiger charge is 2.38. The van der Waals surface area contributed by atoms with Crippen LogP contribution in [0.5, 0.6) is 0 Å². The Kier molecular flexibility index (Phi) is 7.48. The number of rotatable bonds is 5. The van der Waals surface area contributed by atoms with Gasteiger partial charge in [-0.25, -0.2) is 13.1 Å². The second kappa shape index (κ2) is 10.6. The number of anilines is 3. The van der Waals surface area contributed by atoms with E-state index in [0.29, 0.717) is 17.1 Å². The molecule has 3 aromatic carbocycles. The van der Waals surface area contributed by atoms with Crippen LogP contribution in [-0.4, -0.2) is 46.8 Å². The summed E-state index contributed by atoms with van der Waals surface area (Å²) in [4.78, 5) is 17.7. The van der Waals surface area contributed by atoms with Crippen LogP contribution in [0.3, 0.4) is 0 Å². The van der Waals surface area contributed by atoms with Crippen LogP contribution in [0.25, 0.3) is 0 Å². The van der Waals surface area contributed by atoms with Crippen molar-refractivity contribution in [1.29, 1.82) is 0 Å². The van der Waals surface area contributed by atoms with Gasteiger partial charge in [-0.1, -0.05) is 49.2 Å². The number of carbonyl (C=O) groups excluding carboxylic acids is 1. The van der Waals surface area contributed by atoms with Gasteiger partial charge in [-0.2, -0.15) is 0 Å². The third kappa shape index (κ3) is 6.13. The number of halogens is 2. The number of amides is 1. The van der Waals surface area contributed by atoms with Gasteiger partial charge in [0.25, 0.3) is 5.91 Å². The van der Waals surface area contributed by atoms with Crippen LogP contribution >= 0.6 is 23.2 Å². The van der Waals surface area contributed by atoms with Crippen molar-refractivity contribution in [2.75, 3.05) is 47.6 Å². The summed E-state index contributed by atoms with van der Waals surface area (Å²) in [6.07, 6.45) is 1.63. The summed E-state index contributed by atoms with van der Waals surface area (Å²) in [5, 5.41) is 4.71. The number of nitrogens with zero attached hydrogens (tertiary/aromatic N) is 2. The average Bonchev–Trinajstić information content (AvgIpc) is 2.87. The quantitative estimate of drug-likeness (QED) is 0.396. The number of hydrogen-bond donors (Lipinski definition) is 2. The van der Waals surface area contributed by atoms with E-state index in [1.165, 1.54) is 11.8 Å². The summed E-state index contributed by atoms with van der Waals surface area (Å²) in [6, 6.07) is 19.7. The SMILES string of the molecule is CC1(C)Cc2cc(Cl)cc(C(=O)NS(C)(=O)=O)c2NC1c1cccc(N2CCN(c3ccc(Cl)cc3)CC2)c1. The highest BCUT2D eigenvalue weighted by Crippen LogP contribution is 2.47. The van der Waals surface area contributed by atoms with Crippen LogP contribution in [0.15, 0.2) is 60.7 Å². The molecule has 0 aromatic heterocycles. The number of hydrogen-bond acceptors (Lipinski definition) is 6. The summed E-state index contributed by atoms with van der Waals surface area (Å²) < 4.78 is 25.6. The van der Waals surface area contributed by atoms with E-state index in [9.17, 15) is 13.2 Å². The normalized spacial score (nSPS) is 18.7. The number of carbonyl (C=O) groups is 1. The number of sulfonamides is 1. The standard InChI is InChI=1S/C29H32Cl2N4O3S/c1-29(2)18-20-15-22(31)17-25(28(36)33-39(3,37)38)26(20)32-27(29)19-5-4-6-24(16-19)35-13-11-34(12-14-35)23-9-7-21(30)8-10-23/h4-10,15-17,27,32H,11-14,18H2,1-3H3,(H,33,36). The van der Waals surface area contributed by atoms with Crippen molar-refractivity contribution in [3.63, 3.8) is 0 Å². The molecule has 2 N–H and O–H groups in total. The lowest BCUT2D eigenvalue weighted by molar-refractivity contribution is 0.0981. The van der Waals surface area contributed by atoms with Crippen LogP contribution in [0.2, 0.25) is 10.0 Å². The van der Waals surface area contributed by atoms with Gasteiger partial charge in [-0.15, -0.1) is 0 Å². The fourth-order valence-corrected chi connectivity index (χ4v) is 6.43. The Morgan fingerprint density at radius 1 is 0.923 bits per heavy atom. The lowest BCUT2D eigenvalue weighted by Gasteiger charge is -2.42. The third-order valence-corrected chi connectivity index (χ3v) is 8.49. The molecule has 10 heteroatoms. The molecule has 39 heavy (non-hydrogen) atoms. The summed E-state index contributed by atoms with van der Waals surface area (Å²) >= 11 is 12.4. The van der Waals surface area contributed by atoms with E-state index in [1.54, 1.807) is 0 Å². The lowest BCUT2D eigenvalue weighted by atomic mass is 9.72. The smallest absolute Gasteiger partial charge is 0.266 e. The fourth-order valence-electron chi connectivity index (χ4n) is 5.62. The fraction of sp³-hybridized carbons (Fsp3) is 0.345. The zero-order chi connectivity index (χ0) is 27.9. The molecule has 2 aliphatic rings. The van der Waals surface area contributed by atoms with Crippen molar-refractivity contribution in [2.24, 2.45) is 5.41 Å². The van der Waals surface area contributed by atoms with E-state index < -0.39 is 15.9 Å². The molecule has 1 atom stereocenters. The summed E-state index contributed by atoms with van der Waals surface area (Å²) in [7, 11) is -3.73. The summed E-state index contributed by atoms with van der Waals surface area (Å²) in [5.74, 6) is -0.700. The van der Waals surface area contributed by atoms with Crippen LogP contribution in [0.1, 0.15) is 41.4 Å². The number of benzene rings is 3. The molecule has 1 saturated heterocycles. The predicted octanol–water partition coefficient (Wildman–Crippen LogP) is 5.74. The van der Waals surface area contributed by atoms with E-state index in [-0.39, 0.29) is 17.0 Å². The number of nitrogens with one attached hydrogen (secondary N) is 2. The van der Waals surface area contributed by atoms with Crippen LogP contribution in [-0.2, 0) is 16.4 Å². The van der Waals surface area contributed by atoms with E-state index in [0.717, 1.165) is 54.3 Å². The topological polar surface area (TPSA) is 81.7 Å². The highest BCUT2D eigenvalue weighted by atomic mass is 35.5. The first-order valence-corrected chi connectivity index (χ1v) is 15.5. The van der Waals surface area contributed by atoms with Crippen LogP contribution in [0.4, 0.5) is 17.1 Å². The van der Waals surface area contributed by atoms with Gasteiger partial charge in [-0.3, -0.25) is 4.79 Å². The van der Waals surface area contributed by atoms with Gasteiger partial charge in [0, 0.05) is 47.6 Å². The van der Waals surface area contributed by atoms with Gasteiger partial charge < -0.3 is 15.1 Å². The molecule has 1 amide bonds. The molecule has 0 aliphatic carbocycles. The molecule has 0 radical (unpaired) electrons. The van der Waals surface area contributed by atoms with Crippen molar-refractivity contribution in [1.82, 2.24) is 4.72 Å². The van der Waals surface area contributed by atoms with Crippen molar-refractivity contribution in [2.45, 2.75) is 26.3 Å². The molecule has 1 fully saturated rings. The first-order chi connectivity index (χ1) is 18.4. The maximum atomic E-state index is 12.9. The monoisotopic (exact) mass is 586 g/mol. The van der Waals surface area contributed by atoms with E-state index in [1.807, 2.05) is 18.2 Å². The predicted molar refractivity (Wildman–Crippen MR) is 160 cm³/mol. The Hall–Kier alpha value is -2.94. The zero-order valence-corrected chi connectivity index (χ0v) is 24.5. The molecular weight excluding hydrogens is 555 g/mol. The minimum Gasteiger partial charge on any atom is -0.377 e. The minimum absolute atomic E-state index is 0.105. The first kappa shape index (κ1) is 27.6. The van der Waals surface area contributed by atoms with Crippen molar-refractivity contribution < 1.29 is 13.2 Å². The Morgan fingerprint density at radius 3 is 2.21 bits per heavy atom. The number of piperazine rings is 1. The summed E-state index contributed by atoms with van der Waals surface area (Å²) in [5.41, 5.74) is 4.95. The molecule has 2 heterocycles. The van der Waals surface area contributed by atoms with Crippen LogP contribution < -0.4 is 19.8 Å². The third-order valence-electron chi connectivity index (χ3n) is 7.46. The van der Waals surface area contributed by atoms with E-state index in [2.05, 4.69) is 70.1 Å². The van der Waals surface area contributed by atoms with Gasteiger partial charge in [0.2, 0.25) is 10.0 Å². The average molecular weight is 588 g/mol. The van der Waals surface area contributed by atoms with Gasteiger partial charge in [0.1, 0.15) is 0 Å². The Bertz CT molecular complexity index is 1500. The van der Waals surface area contributed by atoms with E-state index in [4.69, 9.17) is 23.2 Å². The zero-order valence-electron chi connectivity index (χ0n) is 22.2. The lowest BCUT2D eigenvalue weighted by Crippen LogP contribution is -2.46.